The molecule has 0 bridgehead atoms. The standard InChI is InChI=1S/C15H22F12N4O8S4/c16-12(17,18)40(32,33)28-4-1-5-29(41(34,35)13(19,20)21)7-3-9-31(43(38,39)15(25,26)27)11-10-30(8-2-6-28)42(36,37)14(22,23)24/h1-11H2. The van der Waals surface area contributed by atoms with Gasteiger partial charge in [-0.15, -0.1) is 0 Å². The summed E-state index contributed by atoms with van der Waals surface area (Å²) < 4.78 is 251. The Bertz CT molecular complexity index is 1290. The number of sulfonamides is 4. The Kier molecular flexibility index (Phi) is 12.3. The average molecular weight is 743 g/mol. The van der Waals surface area contributed by atoms with Crippen LogP contribution in [0.1, 0.15) is 19.3 Å². The molecule has 0 saturated carbocycles. The van der Waals surface area contributed by atoms with Gasteiger partial charge in [-0.1, -0.05) is 0 Å². The summed E-state index contributed by atoms with van der Waals surface area (Å²) in [6.45, 7) is -12.2. The van der Waals surface area contributed by atoms with Crippen molar-refractivity contribution in [3.8, 4) is 0 Å². The summed E-state index contributed by atoms with van der Waals surface area (Å²) in [4.78, 5) is 0. The lowest BCUT2D eigenvalue weighted by Crippen LogP contribution is -2.49. The third kappa shape index (κ3) is 9.18. The molecule has 28 heteroatoms. The number of hydrogen-bond acceptors (Lipinski definition) is 8. The fraction of sp³-hybridized carbons (Fsp3) is 1.00. The molecule has 1 heterocycles. The lowest BCUT2D eigenvalue weighted by molar-refractivity contribution is -0.0512. The normalized spacial score (nSPS) is 21.3. The molecule has 43 heavy (non-hydrogen) atoms. The summed E-state index contributed by atoms with van der Waals surface area (Å²) in [7, 11) is -25.8. The molecule has 1 fully saturated rings. The summed E-state index contributed by atoms with van der Waals surface area (Å²) in [5.74, 6) is 0. The summed E-state index contributed by atoms with van der Waals surface area (Å²) in [6.07, 6.45) is -3.58. The van der Waals surface area contributed by atoms with Crippen LogP contribution in [0.4, 0.5) is 52.7 Å². The smallest absolute Gasteiger partial charge is 0.203 e. The number of hydrogen-bond donors (Lipinski definition) is 0. The van der Waals surface area contributed by atoms with Crippen LogP contribution >= 0.6 is 0 Å². The van der Waals surface area contributed by atoms with Crippen molar-refractivity contribution in [2.75, 3.05) is 52.4 Å². The minimum Gasteiger partial charge on any atom is -0.203 e. The van der Waals surface area contributed by atoms with Gasteiger partial charge in [-0.2, -0.15) is 69.9 Å². The maximum Gasteiger partial charge on any atom is 0.511 e. The third-order valence-corrected chi connectivity index (χ3v) is 12.1. The first-order valence-corrected chi connectivity index (χ1v) is 16.9. The highest BCUT2D eigenvalue weighted by atomic mass is 32.2. The van der Waals surface area contributed by atoms with Gasteiger partial charge in [0.1, 0.15) is 0 Å². The number of nitrogens with zero attached hydrogens (tertiary/aromatic N) is 4. The van der Waals surface area contributed by atoms with E-state index >= 15 is 0 Å². The van der Waals surface area contributed by atoms with E-state index in [4.69, 9.17) is 0 Å². The molecule has 0 amide bonds. The lowest BCUT2D eigenvalue weighted by Gasteiger charge is -2.29. The van der Waals surface area contributed by atoms with Crippen LogP contribution in [0.15, 0.2) is 0 Å². The molecule has 0 aliphatic carbocycles. The molecule has 0 unspecified atom stereocenters. The number of alkyl halides is 12. The van der Waals surface area contributed by atoms with Crippen molar-refractivity contribution in [2.45, 2.75) is 41.3 Å². The Morgan fingerprint density at radius 3 is 0.581 bits per heavy atom. The minimum atomic E-state index is -6.51. The third-order valence-electron chi connectivity index (χ3n) is 5.57. The van der Waals surface area contributed by atoms with E-state index < -0.39 is 151 Å². The van der Waals surface area contributed by atoms with E-state index in [2.05, 4.69) is 0 Å². The minimum absolute atomic E-state index is 0.510. The van der Waals surface area contributed by atoms with Crippen LogP contribution in [0.3, 0.4) is 0 Å². The maximum atomic E-state index is 13.2. The molecule has 0 atom stereocenters. The van der Waals surface area contributed by atoms with E-state index in [1.165, 1.54) is 0 Å². The van der Waals surface area contributed by atoms with Gasteiger partial charge in [0.25, 0.3) is 0 Å². The summed E-state index contributed by atoms with van der Waals surface area (Å²) >= 11 is 0. The van der Waals surface area contributed by atoms with Gasteiger partial charge in [-0.05, 0) is 19.3 Å². The summed E-state index contributed by atoms with van der Waals surface area (Å²) in [5.41, 5.74) is -24.5. The van der Waals surface area contributed by atoms with Crippen molar-refractivity contribution in [2.24, 2.45) is 0 Å². The van der Waals surface area contributed by atoms with Crippen molar-refractivity contribution in [3.63, 3.8) is 0 Å². The van der Waals surface area contributed by atoms with Gasteiger partial charge < -0.3 is 0 Å². The van der Waals surface area contributed by atoms with Crippen LogP contribution in [-0.4, -0.2) is 125 Å². The van der Waals surface area contributed by atoms with Gasteiger partial charge >= 0.3 is 62.1 Å². The SMILES string of the molecule is O=S(=O)(N1CCCN(S(=O)(=O)C(F)(F)F)CCCN(S(=O)(=O)C(F)(F)F)CCN(S(=O)(=O)C(F)(F)F)CCC1)C(F)(F)F. The van der Waals surface area contributed by atoms with Crippen LogP contribution < -0.4 is 0 Å². The second-order valence-electron chi connectivity index (χ2n) is 8.46. The van der Waals surface area contributed by atoms with Crippen molar-refractivity contribution < 1.29 is 86.4 Å². The van der Waals surface area contributed by atoms with E-state index in [0.717, 1.165) is 0 Å². The Morgan fingerprint density at radius 2 is 0.442 bits per heavy atom. The largest absolute Gasteiger partial charge is 0.511 e. The summed E-state index contributed by atoms with van der Waals surface area (Å²) in [5, 5.41) is 0. The first-order valence-electron chi connectivity index (χ1n) is 11.2. The predicted octanol–water partition coefficient (Wildman–Crippen LogP) is 1.78. The maximum absolute atomic E-state index is 13.2. The fourth-order valence-electron chi connectivity index (χ4n) is 3.49. The molecule has 1 aliphatic heterocycles. The number of rotatable bonds is 4. The molecule has 0 spiro atoms. The first kappa shape index (κ1) is 39.8. The second-order valence-corrected chi connectivity index (χ2v) is 16.2. The van der Waals surface area contributed by atoms with E-state index in [1.54, 1.807) is 0 Å². The molecule has 0 aromatic carbocycles. The fourth-order valence-corrected chi connectivity index (χ4v) is 7.52. The molecule has 0 radical (unpaired) electrons. The molecular weight excluding hydrogens is 720 g/mol. The van der Waals surface area contributed by atoms with E-state index in [-0.39, 0.29) is 0 Å². The van der Waals surface area contributed by atoms with Crippen LogP contribution in [-0.2, 0) is 40.1 Å². The molecule has 1 saturated heterocycles. The van der Waals surface area contributed by atoms with Crippen LogP contribution in [0.2, 0.25) is 0 Å². The lowest BCUT2D eigenvalue weighted by atomic mass is 10.3. The molecule has 258 valence electrons. The van der Waals surface area contributed by atoms with Gasteiger partial charge in [0, 0.05) is 52.4 Å². The first-order chi connectivity index (χ1) is 18.9. The van der Waals surface area contributed by atoms with Gasteiger partial charge in [-0.25, -0.2) is 33.7 Å². The van der Waals surface area contributed by atoms with Gasteiger partial charge in [-0.3, -0.25) is 0 Å². The highest BCUT2D eigenvalue weighted by Gasteiger charge is 2.54. The van der Waals surface area contributed by atoms with Crippen molar-refractivity contribution >= 4 is 40.1 Å². The quantitative estimate of drug-likeness (QED) is 0.396. The predicted molar refractivity (Wildman–Crippen MR) is 120 cm³/mol. The van der Waals surface area contributed by atoms with Gasteiger partial charge in [0.2, 0.25) is 0 Å². The van der Waals surface area contributed by atoms with E-state index in [1.807, 2.05) is 0 Å². The Labute approximate surface area is 237 Å². The molecule has 1 rings (SSSR count). The van der Waals surface area contributed by atoms with E-state index in [0.29, 0.717) is 0 Å². The van der Waals surface area contributed by atoms with Gasteiger partial charge in [0.15, 0.2) is 0 Å². The Balaban J connectivity index is 3.69. The monoisotopic (exact) mass is 742 g/mol. The molecule has 0 aromatic rings. The molecule has 0 N–H and O–H groups in total. The van der Waals surface area contributed by atoms with Crippen LogP contribution in [0, 0.1) is 0 Å². The highest BCUT2D eigenvalue weighted by molar-refractivity contribution is 7.90. The Morgan fingerprint density at radius 1 is 0.302 bits per heavy atom. The zero-order valence-electron chi connectivity index (χ0n) is 21.0. The van der Waals surface area contributed by atoms with Crippen molar-refractivity contribution in [1.29, 1.82) is 0 Å². The Hall–Kier alpha value is -1.20. The van der Waals surface area contributed by atoms with Crippen molar-refractivity contribution in [3.05, 3.63) is 0 Å². The number of halogens is 12. The molecular formula is C15H22F12N4O8S4. The second kappa shape index (κ2) is 13.3. The summed E-state index contributed by atoms with van der Waals surface area (Å²) in [6, 6.07) is 0. The molecule has 1 aliphatic rings. The zero-order chi connectivity index (χ0) is 34.1. The molecule has 12 nitrogen and oxygen atoms in total. The van der Waals surface area contributed by atoms with Crippen LogP contribution in [0.25, 0.3) is 0 Å². The van der Waals surface area contributed by atoms with Gasteiger partial charge in [0.05, 0.1) is 0 Å². The molecule has 0 aromatic heterocycles. The zero-order valence-corrected chi connectivity index (χ0v) is 24.3. The van der Waals surface area contributed by atoms with Crippen molar-refractivity contribution in [1.82, 2.24) is 17.2 Å². The highest BCUT2D eigenvalue weighted by Crippen LogP contribution is 2.32. The average Bonchev–Trinajstić information content (AvgIpc) is 2.79. The van der Waals surface area contributed by atoms with Crippen LogP contribution in [0.5, 0.6) is 0 Å². The topological polar surface area (TPSA) is 150 Å². The van der Waals surface area contributed by atoms with E-state index in [9.17, 15) is 86.4 Å².